The number of rotatable bonds is 3. The van der Waals surface area contributed by atoms with Gasteiger partial charge >= 0.3 is 0 Å². The van der Waals surface area contributed by atoms with E-state index in [9.17, 15) is 0 Å². The largest absolute Gasteiger partial charge is 0.497 e. The van der Waals surface area contributed by atoms with Gasteiger partial charge in [-0.25, -0.2) is 0 Å². The minimum absolute atomic E-state index is 0.535. The Morgan fingerprint density at radius 1 is 0.952 bits per heavy atom. The number of ether oxygens (including phenoxy) is 1. The van der Waals surface area contributed by atoms with E-state index in [4.69, 9.17) is 4.74 Å². The van der Waals surface area contributed by atoms with Gasteiger partial charge in [0.25, 0.3) is 0 Å². The first-order valence-corrected chi connectivity index (χ1v) is 8.79. The van der Waals surface area contributed by atoms with Crippen molar-refractivity contribution in [3.63, 3.8) is 0 Å². The van der Waals surface area contributed by atoms with Crippen molar-refractivity contribution < 1.29 is 4.74 Å². The summed E-state index contributed by atoms with van der Waals surface area (Å²) < 4.78 is 5.43. The fraction of sp³-hybridized carbons (Fsp3) is 0.684. The molecule has 2 aliphatic carbocycles. The molecule has 3 rings (SSSR count). The summed E-state index contributed by atoms with van der Waals surface area (Å²) in [6.45, 7) is 0. The number of methoxy groups -OCH3 is 1. The van der Waals surface area contributed by atoms with Gasteiger partial charge in [0.15, 0.2) is 0 Å². The molecular formula is C19H29NO. The zero-order chi connectivity index (χ0) is 14.5. The topological polar surface area (TPSA) is 21.3 Å². The lowest BCUT2D eigenvalue weighted by molar-refractivity contribution is 0.333. The number of hydrogen-bond acceptors (Lipinski definition) is 2. The summed E-state index contributed by atoms with van der Waals surface area (Å²) in [5, 5.41) is 3.98. The zero-order valence-electron chi connectivity index (χ0n) is 13.4. The Bertz CT molecular complexity index is 449. The summed E-state index contributed by atoms with van der Waals surface area (Å²) in [5.74, 6) is 1.00. The molecule has 0 saturated heterocycles. The van der Waals surface area contributed by atoms with Crippen LogP contribution in [0, 0.1) is 0 Å². The fourth-order valence-corrected chi connectivity index (χ4v) is 3.98. The van der Waals surface area contributed by atoms with Crippen LogP contribution in [0.15, 0.2) is 18.2 Å². The second-order valence-corrected chi connectivity index (χ2v) is 6.72. The van der Waals surface area contributed by atoms with Crippen molar-refractivity contribution in [1.82, 2.24) is 5.32 Å². The predicted molar refractivity (Wildman–Crippen MR) is 87.9 cm³/mol. The van der Waals surface area contributed by atoms with E-state index < -0.39 is 0 Å². The van der Waals surface area contributed by atoms with Crippen LogP contribution in [-0.2, 0) is 6.42 Å². The number of fused-ring (bicyclic) bond motifs is 1. The van der Waals surface area contributed by atoms with Crippen LogP contribution < -0.4 is 10.1 Å². The van der Waals surface area contributed by atoms with Crippen LogP contribution in [0.5, 0.6) is 5.75 Å². The highest BCUT2D eigenvalue weighted by molar-refractivity contribution is 5.39. The van der Waals surface area contributed by atoms with E-state index in [-0.39, 0.29) is 0 Å². The van der Waals surface area contributed by atoms with Gasteiger partial charge < -0.3 is 10.1 Å². The first kappa shape index (κ1) is 14.9. The lowest BCUT2D eigenvalue weighted by Gasteiger charge is -2.31. The SMILES string of the molecule is COc1ccc2c(c1)C(NC1CCCCCCC1)CCC2. The van der Waals surface area contributed by atoms with E-state index in [0.29, 0.717) is 12.1 Å². The number of nitrogens with one attached hydrogen (secondary N) is 1. The van der Waals surface area contributed by atoms with Crippen LogP contribution >= 0.6 is 0 Å². The Morgan fingerprint density at radius 3 is 2.48 bits per heavy atom. The van der Waals surface area contributed by atoms with Crippen LogP contribution in [0.1, 0.15) is 75.0 Å². The maximum Gasteiger partial charge on any atom is 0.119 e. The highest BCUT2D eigenvalue weighted by Gasteiger charge is 2.23. The van der Waals surface area contributed by atoms with Gasteiger partial charge in [-0.05, 0) is 55.4 Å². The lowest BCUT2D eigenvalue weighted by Crippen LogP contribution is -2.35. The van der Waals surface area contributed by atoms with Crippen LogP contribution in [0.2, 0.25) is 0 Å². The second kappa shape index (κ2) is 7.31. The summed E-state index contributed by atoms with van der Waals surface area (Å²) in [4.78, 5) is 0. The van der Waals surface area contributed by atoms with Gasteiger partial charge in [0.05, 0.1) is 7.11 Å². The summed E-state index contributed by atoms with van der Waals surface area (Å²) in [6.07, 6.45) is 13.6. The molecule has 0 radical (unpaired) electrons. The smallest absolute Gasteiger partial charge is 0.119 e. The summed E-state index contributed by atoms with van der Waals surface area (Å²) >= 11 is 0. The van der Waals surface area contributed by atoms with Gasteiger partial charge in [-0.3, -0.25) is 0 Å². The molecule has 1 N–H and O–H groups in total. The first-order chi connectivity index (χ1) is 10.4. The third kappa shape index (κ3) is 3.79. The normalized spacial score (nSPS) is 24.0. The molecule has 0 bridgehead atoms. The highest BCUT2D eigenvalue weighted by atomic mass is 16.5. The van der Waals surface area contributed by atoms with Crippen molar-refractivity contribution in [2.24, 2.45) is 0 Å². The van der Waals surface area contributed by atoms with Crippen molar-refractivity contribution in [1.29, 1.82) is 0 Å². The minimum atomic E-state index is 0.535. The van der Waals surface area contributed by atoms with Gasteiger partial charge in [-0.2, -0.15) is 0 Å². The van der Waals surface area contributed by atoms with Crippen LogP contribution in [0.25, 0.3) is 0 Å². The number of benzene rings is 1. The molecule has 2 heteroatoms. The maximum absolute atomic E-state index is 5.43. The molecule has 0 heterocycles. The Balaban J connectivity index is 1.71. The Hall–Kier alpha value is -1.02. The molecule has 1 fully saturated rings. The van der Waals surface area contributed by atoms with Crippen LogP contribution in [0.4, 0.5) is 0 Å². The van der Waals surface area contributed by atoms with E-state index in [2.05, 4.69) is 23.5 Å². The molecule has 1 unspecified atom stereocenters. The quantitative estimate of drug-likeness (QED) is 0.864. The van der Waals surface area contributed by atoms with Crippen molar-refractivity contribution in [2.45, 2.75) is 76.3 Å². The molecule has 1 atom stereocenters. The summed E-state index contributed by atoms with van der Waals surface area (Å²) in [6, 6.07) is 7.88. The number of aryl methyl sites for hydroxylation is 1. The fourth-order valence-electron chi connectivity index (χ4n) is 3.98. The Labute approximate surface area is 129 Å². The average molecular weight is 287 g/mol. The van der Waals surface area contributed by atoms with E-state index in [1.807, 2.05) is 0 Å². The van der Waals surface area contributed by atoms with Gasteiger partial charge in [-0.1, -0.05) is 38.2 Å². The number of hydrogen-bond donors (Lipinski definition) is 1. The lowest BCUT2D eigenvalue weighted by atomic mass is 9.86. The van der Waals surface area contributed by atoms with E-state index in [1.54, 1.807) is 7.11 Å². The molecule has 0 amide bonds. The van der Waals surface area contributed by atoms with Gasteiger partial charge in [0.2, 0.25) is 0 Å². The molecule has 0 aliphatic heterocycles. The molecule has 21 heavy (non-hydrogen) atoms. The van der Waals surface area contributed by atoms with E-state index in [1.165, 1.54) is 75.3 Å². The molecule has 116 valence electrons. The molecule has 2 nitrogen and oxygen atoms in total. The van der Waals surface area contributed by atoms with Gasteiger partial charge in [0.1, 0.15) is 5.75 Å². The van der Waals surface area contributed by atoms with E-state index >= 15 is 0 Å². The average Bonchev–Trinajstić information content (AvgIpc) is 2.49. The Kier molecular flexibility index (Phi) is 5.18. The third-order valence-corrected chi connectivity index (χ3v) is 5.21. The molecule has 0 spiro atoms. The van der Waals surface area contributed by atoms with Crippen LogP contribution in [-0.4, -0.2) is 13.2 Å². The molecule has 0 aromatic heterocycles. The second-order valence-electron chi connectivity index (χ2n) is 6.72. The predicted octanol–water partition coefficient (Wildman–Crippen LogP) is 4.78. The maximum atomic E-state index is 5.43. The van der Waals surface area contributed by atoms with Crippen molar-refractivity contribution >= 4 is 0 Å². The van der Waals surface area contributed by atoms with E-state index in [0.717, 1.165) is 5.75 Å². The monoisotopic (exact) mass is 287 g/mol. The highest BCUT2D eigenvalue weighted by Crippen LogP contribution is 2.33. The minimum Gasteiger partial charge on any atom is -0.497 e. The van der Waals surface area contributed by atoms with Gasteiger partial charge in [-0.15, -0.1) is 0 Å². The molecule has 1 aromatic carbocycles. The summed E-state index contributed by atoms with van der Waals surface area (Å²) in [7, 11) is 1.77. The molecular weight excluding hydrogens is 258 g/mol. The molecule has 1 saturated carbocycles. The third-order valence-electron chi connectivity index (χ3n) is 5.21. The van der Waals surface area contributed by atoms with Gasteiger partial charge in [0, 0.05) is 12.1 Å². The van der Waals surface area contributed by atoms with Crippen LogP contribution in [0.3, 0.4) is 0 Å². The van der Waals surface area contributed by atoms with Crippen molar-refractivity contribution in [3.05, 3.63) is 29.3 Å². The van der Waals surface area contributed by atoms with Crippen molar-refractivity contribution in [3.8, 4) is 5.75 Å². The zero-order valence-corrected chi connectivity index (χ0v) is 13.4. The molecule has 2 aliphatic rings. The first-order valence-electron chi connectivity index (χ1n) is 8.79. The van der Waals surface area contributed by atoms with Crippen molar-refractivity contribution in [2.75, 3.05) is 7.11 Å². The Morgan fingerprint density at radius 2 is 1.71 bits per heavy atom. The molecule has 1 aromatic rings. The standard InChI is InChI=1S/C19H29NO/c1-21-17-13-12-15-8-7-11-19(18(15)14-17)20-16-9-5-3-2-4-6-10-16/h12-14,16,19-20H,2-11H2,1H3. The summed E-state index contributed by atoms with van der Waals surface area (Å²) in [5.41, 5.74) is 3.01.